The molecule has 3 heteroatoms. The van der Waals surface area contributed by atoms with Crippen LogP contribution in [0.2, 0.25) is 0 Å². The van der Waals surface area contributed by atoms with Crippen molar-refractivity contribution in [1.82, 2.24) is 0 Å². The van der Waals surface area contributed by atoms with Crippen molar-refractivity contribution in [3.8, 4) is 0 Å². The van der Waals surface area contributed by atoms with Gasteiger partial charge in [-0.05, 0) is 42.6 Å². The number of carboxylic acid groups (broad SMARTS) is 1. The van der Waals surface area contributed by atoms with Gasteiger partial charge in [0, 0.05) is 0 Å². The number of carbonyl (C=O) groups is 1. The van der Waals surface area contributed by atoms with E-state index in [2.05, 4.69) is 0 Å². The summed E-state index contributed by atoms with van der Waals surface area (Å²) in [6.07, 6.45) is 1.25. The highest BCUT2D eigenvalue weighted by molar-refractivity contribution is 5.92. The zero-order valence-electron chi connectivity index (χ0n) is 11.1. The van der Waals surface area contributed by atoms with Gasteiger partial charge in [0.2, 0.25) is 0 Å². The third-order valence-corrected chi connectivity index (χ3v) is 3.74. The Morgan fingerprint density at radius 3 is 2.58 bits per heavy atom. The van der Waals surface area contributed by atoms with Crippen molar-refractivity contribution in [2.24, 2.45) is 5.73 Å². The maximum Gasteiger partial charge on any atom is 0.313 e. The first-order chi connectivity index (χ1) is 9.09. The number of hydrogen-bond acceptors (Lipinski definition) is 2. The zero-order chi connectivity index (χ0) is 13.9. The zero-order valence-corrected chi connectivity index (χ0v) is 11.1. The van der Waals surface area contributed by atoms with E-state index in [1.165, 1.54) is 0 Å². The number of benzene rings is 2. The van der Waals surface area contributed by atoms with Crippen LogP contribution in [0, 0.1) is 0 Å². The first-order valence-electron chi connectivity index (χ1n) is 6.51. The summed E-state index contributed by atoms with van der Waals surface area (Å²) in [5.41, 5.74) is 5.51. The van der Waals surface area contributed by atoms with Crippen molar-refractivity contribution < 1.29 is 9.90 Å². The second kappa shape index (κ2) is 5.41. The fraction of sp³-hybridized carbons (Fsp3) is 0.312. The van der Waals surface area contributed by atoms with Crippen LogP contribution in [-0.4, -0.2) is 17.6 Å². The highest BCUT2D eigenvalue weighted by Crippen LogP contribution is 2.34. The number of carboxylic acids is 1. The predicted molar refractivity (Wildman–Crippen MR) is 77.2 cm³/mol. The standard InChI is InChI=1S/C16H19NO2/c1-16(15(18)19,10-5-11-17)14-9-4-7-12-6-2-3-8-13(12)14/h2-4,6-9H,5,10-11,17H2,1H3,(H,18,19). The fourth-order valence-corrected chi connectivity index (χ4v) is 2.52. The smallest absolute Gasteiger partial charge is 0.313 e. The molecule has 0 amide bonds. The van der Waals surface area contributed by atoms with E-state index in [1.807, 2.05) is 42.5 Å². The molecule has 0 aliphatic heterocycles. The van der Waals surface area contributed by atoms with Crippen molar-refractivity contribution in [2.75, 3.05) is 6.54 Å². The first kappa shape index (κ1) is 13.6. The molecule has 2 rings (SSSR count). The van der Waals surface area contributed by atoms with E-state index < -0.39 is 11.4 Å². The van der Waals surface area contributed by atoms with Crippen molar-refractivity contribution in [2.45, 2.75) is 25.2 Å². The summed E-state index contributed by atoms with van der Waals surface area (Å²) in [7, 11) is 0. The molecule has 1 atom stereocenters. The molecule has 0 spiro atoms. The van der Waals surface area contributed by atoms with E-state index in [-0.39, 0.29) is 0 Å². The quantitative estimate of drug-likeness (QED) is 0.865. The molecule has 0 aromatic heterocycles. The van der Waals surface area contributed by atoms with Gasteiger partial charge in [-0.1, -0.05) is 42.5 Å². The number of fused-ring (bicyclic) bond motifs is 1. The van der Waals surface area contributed by atoms with Gasteiger partial charge >= 0.3 is 5.97 Å². The molecule has 1 unspecified atom stereocenters. The fourth-order valence-electron chi connectivity index (χ4n) is 2.52. The summed E-state index contributed by atoms with van der Waals surface area (Å²) in [5.74, 6) is -0.794. The van der Waals surface area contributed by atoms with E-state index in [0.29, 0.717) is 19.4 Å². The molecule has 0 radical (unpaired) electrons. The van der Waals surface area contributed by atoms with Crippen LogP contribution >= 0.6 is 0 Å². The molecule has 19 heavy (non-hydrogen) atoms. The van der Waals surface area contributed by atoms with Crippen LogP contribution in [0.3, 0.4) is 0 Å². The summed E-state index contributed by atoms with van der Waals surface area (Å²) >= 11 is 0. The molecular formula is C16H19NO2. The Labute approximate surface area is 113 Å². The second-order valence-corrected chi connectivity index (χ2v) is 5.06. The summed E-state index contributed by atoms with van der Waals surface area (Å²) in [6, 6.07) is 13.7. The van der Waals surface area contributed by atoms with E-state index in [4.69, 9.17) is 5.73 Å². The summed E-state index contributed by atoms with van der Waals surface area (Å²) in [4.78, 5) is 11.7. The predicted octanol–water partition coefficient (Wildman–Crippen LogP) is 2.92. The molecule has 0 bridgehead atoms. The van der Waals surface area contributed by atoms with Gasteiger partial charge in [-0.15, -0.1) is 0 Å². The lowest BCUT2D eigenvalue weighted by Gasteiger charge is -2.26. The van der Waals surface area contributed by atoms with E-state index in [1.54, 1.807) is 6.92 Å². The Bertz CT molecular complexity index is 589. The Balaban J connectivity index is 2.59. The van der Waals surface area contributed by atoms with Crippen LogP contribution in [0.4, 0.5) is 0 Å². The van der Waals surface area contributed by atoms with Crippen molar-refractivity contribution in [3.63, 3.8) is 0 Å². The topological polar surface area (TPSA) is 63.3 Å². The Morgan fingerprint density at radius 2 is 1.89 bits per heavy atom. The molecule has 0 aliphatic carbocycles. The van der Waals surface area contributed by atoms with E-state index in [0.717, 1.165) is 16.3 Å². The molecule has 0 fully saturated rings. The molecule has 3 nitrogen and oxygen atoms in total. The Morgan fingerprint density at radius 1 is 1.21 bits per heavy atom. The van der Waals surface area contributed by atoms with Gasteiger partial charge in [0.15, 0.2) is 0 Å². The molecule has 2 aromatic carbocycles. The molecule has 0 heterocycles. The lowest BCUT2D eigenvalue weighted by atomic mass is 9.76. The summed E-state index contributed by atoms with van der Waals surface area (Å²) in [6.45, 7) is 2.29. The normalized spacial score (nSPS) is 14.2. The van der Waals surface area contributed by atoms with Gasteiger partial charge in [0.25, 0.3) is 0 Å². The van der Waals surface area contributed by atoms with Crippen LogP contribution in [0.1, 0.15) is 25.3 Å². The van der Waals surface area contributed by atoms with Crippen LogP contribution in [0.15, 0.2) is 42.5 Å². The minimum Gasteiger partial charge on any atom is -0.481 e. The molecule has 3 N–H and O–H groups in total. The molecule has 0 saturated carbocycles. The third kappa shape index (κ3) is 2.47. The van der Waals surface area contributed by atoms with Gasteiger partial charge in [-0.25, -0.2) is 0 Å². The molecule has 100 valence electrons. The van der Waals surface area contributed by atoms with Crippen LogP contribution < -0.4 is 5.73 Å². The Hall–Kier alpha value is -1.87. The SMILES string of the molecule is CC(CCCN)(C(=O)O)c1cccc2ccccc12. The van der Waals surface area contributed by atoms with Crippen molar-refractivity contribution in [3.05, 3.63) is 48.0 Å². The molecule has 2 aromatic rings. The van der Waals surface area contributed by atoms with Crippen LogP contribution in [0.5, 0.6) is 0 Å². The first-order valence-corrected chi connectivity index (χ1v) is 6.51. The van der Waals surface area contributed by atoms with Gasteiger partial charge in [-0.2, -0.15) is 0 Å². The highest BCUT2D eigenvalue weighted by Gasteiger charge is 2.35. The summed E-state index contributed by atoms with van der Waals surface area (Å²) < 4.78 is 0. The average Bonchev–Trinajstić information content (AvgIpc) is 2.44. The summed E-state index contributed by atoms with van der Waals surface area (Å²) in [5, 5.41) is 11.7. The number of nitrogens with two attached hydrogens (primary N) is 1. The van der Waals surface area contributed by atoms with Gasteiger partial charge in [0.05, 0.1) is 5.41 Å². The number of rotatable bonds is 5. The largest absolute Gasteiger partial charge is 0.481 e. The second-order valence-electron chi connectivity index (χ2n) is 5.06. The van der Waals surface area contributed by atoms with Gasteiger partial charge < -0.3 is 10.8 Å². The molecule has 0 saturated heterocycles. The van der Waals surface area contributed by atoms with Crippen molar-refractivity contribution in [1.29, 1.82) is 0 Å². The molecule has 0 aliphatic rings. The minimum absolute atomic E-state index is 0.508. The third-order valence-electron chi connectivity index (χ3n) is 3.74. The molecular weight excluding hydrogens is 238 g/mol. The monoisotopic (exact) mass is 257 g/mol. The number of hydrogen-bond donors (Lipinski definition) is 2. The Kier molecular flexibility index (Phi) is 3.86. The van der Waals surface area contributed by atoms with Gasteiger partial charge in [-0.3, -0.25) is 4.79 Å². The van der Waals surface area contributed by atoms with Crippen molar-refractivity contribution >= 4 is 16.7 Å². The van der Waals surface area contributed by atoms with Gasteiger partial charge in [0.1, 0.15) is 0 Å². The highest BCUT2D eigenvalue weighted by atomic mass is 16.4. The van der Waals surface area contributed by atoms with E-state index >= 15 is 0 Å². The number of aliphatic carboxylic acids is 1. The minimum atomic E-state index is -0.889. The maximum absolute atomic E-state index is 11.7. The lowest BCUT2D eigenvalue weighted by Crippen LogP contribution is -2.33. The van der Waals surface area contributed by atoms with Crippen LogP contribution in [0.25, 0.3) is 10.8 Å². The maximum atomic E-state index is 11.7. The average molecular weight is 257 g/mol. The van der Waals surface area contributed by atoms with E-state index in [9.17, 15) is 9.90 Å². The lowest BCUT2D eigenvalue weighted by molar-refractivity contribution is -0.143. The van der Waals surface area contributed by atoms with Crippen LogP contribution in [-0.2, 0) is 10.2 Å².